The van der Waals surface area contributed by atoms with Gasteiger partial charge in [0.25, 0.3) is 0 Å². The molecule has 1 aromatic rings. The number of halogens is 2. The third-order valence-corrected chi connectivity index (χ3v) is 9.00. The monoisotopic (exact) mass is 498 g/mol. The van der Waals surface area contributed by atoms with Gasteiger partial charge >= 0.3 is 5.97 Å². The normalized spacial score (nSPS) is 34.1. The van der Waals surface area contributed by atoms with E-state index >= 15 is 0 Å². The van der Waals surface area contributed by atoms with Crippen LogP contribution >= 0.6 is 31.9 Å². The van der Waals surface area contributed by atoms with Crippen LogP contribution in [0.25, 0.3) is 0 Å². The van der Waals surface area contributed by atoms with Crippen molar-refractivity contribution in [3.63, 3.8) is 0 Å². The predicted octanol–water partition coefficient (Wildman–Crippen LogP) is 2.10. The Hall–Kier alpha value is -1.74. The number of nitrogens with zero attached hydrogens (tertiary/aromatic N) is 1. The molecule has 4 rings (SSSR count). The average molecular weight is 500 g/mol. The molecule has 0 spiro atoms. The molecule has 0 unspecified atom stereocenters. The van der Waals surface area contributed by atoms with E-state index < -0.39 is 11.9 Å². The van der Waals surface area contributed by atoms with Gasteiger partial charge in [-0.2, -0.15) is 0 Å². The highest BCUT2D eigenvalue weighted by atomic mass is 79.9. The molecule has 0 radical (unpaired) electrons. The lowest BCUT2D eigenvalue weighted by molar-refractivity contribution is -0.143. The number of imide groups is 1. The van der Waals surface area contributed by atoms with E-state index in [0.717, 1.165) is 11.3 Å². The van der Waals surface area contributed by atoms with Gasteiger partial charge in [0.05, 0.1) is 17.4 Å². The Morgan fingerprint density at radius 1 is 1.04 bits per heavy atom. The smallest absolute Gasteiger partial charge is 0.335 e. The van der Waals surface area contributed by atoms with E-state index in [1.807, 2.05) is 0 Å². The SMILES string of the molecule is O=C(CN1C(=O)[C@@H]2[C@H]3C[C@@H]([C@@H](Br)[C@H]3Br)[C@H]2C1=O)Nc1ccc(C(=O)O)cc1. The quantitative estimate of drug-likeness (QED) is 0.487. The highest BCUT2D eigenvalue weighted by Gasteiger charge is 2.66. The summed E-state index contributed by atoms with van der Waals surface area (Å²) in [5, 5.41) is 11.5. The number of hydrogen-bond donors (Lipinski definition) is 2. The second-order valence-electron chi connectivity index (χ2n) is 7.20. The fraction of sp³-hybridized carbons (Fsp3) is 0.444. The zero-order chi connectivity index (χ0) is 19.5. The van der Waals surface area contributed by atoms with Crippen LogP contribution in [0.4, 0.5) is 5.69 Å². The number of rotatable bonds is 4. The Bertz CT molecular complexity index is 811. The molecule has 3 aliphatic rings. The summed E-state index contributed by atoms with van der Waals surface area (Å²) in [5.74, 6) is -2.55. The molecule has 7 nitrogen and oxygen atoms in total. The van der Waals surface area contributed by atoms with E-state index in [1.54, 1.807) is 0 Å². The van der Waals surface area contributed by atoms with Gasteiger partial charge in [-0.25, -0.2) is 4.79 Å². The molecule has 9 heteroatoms. The van der Waals surface area contributed by atoms with E-state index in [2.05, 4.69) is 37.2 Å². The summed E-state index contributed by atoms with van der Waals surface area (Å²) in [4.78, 5) is 50.1. The number of carboxylic acid groups (broad SMARTS) is 1. The molecule has 2 aliphatic carbocycles. The number of benzene rings is 1. The maximum absolute atomic E-state index is 12.8. The lowest BCUT2D eigenvalue weighted by Gasteiger charge is -2.28. The van der Waals surface area contributed by atoms with Crippen LogP contribution in [0, 0.1) is 23.7 Å². The molecule has 27 heavy (non-hydrogen) atoms. The van der Waals surface area contributed by atoms with E-state index in [0.29, 0.717) is 5.69 Å². The average Bonchev–Trinajstić information content (AvgIpc) is 3.23. The minimum Gasteiger partial charge on any atom is -0.478 e. The number of likely N-dealkylation sites (tertiary alicyclic amines) is 1. The first-order valence-electron chi connectivity index (χ1n) is 8.56. The summed E-state index contributed by atoms with van der Waals surface area (Å²) >= 11 is 7.25. The molecule has 1 heterocycles. The van der Waals surface area contributed by atoms with Crippen LogP contribution in [0.5, 0.6) is 0 Å². The fourth-order valence-corrected chi connectivity index (χ4v) is 6.48. The zero-order valence-corrected chi connectivity index (χ0v) is 17.1. The van der Waals surface area contributed by atoms with E-state index in [1.165, 1.54) is 24.3 Å². The Morgan fingerprint density at radius 3 is 2.04 bits per heavy atom. The first-order chi connectivity index (χ1) is 12.8. The number of aromatic carboxylic acids is 1. The van der Waals surface area contributed by atoms with Gasteiger partial charge in [0.15, 0.2) is 0 Å². The molecule has 2 N–H and O–H groups in total. The molecule has 3 amide bonds. The van der Waals surface area contributed by atoms with Crippen molar-refractivity contribution in [2.45, 2.75) is 16.1 Å². The minimum absolute atomic E-state index is 0.106. The summed E-state index contributed by atoms with van der Waals surface area (Å²) in [6, 6.07) is 5.68. The van der Waals surface area contributed by atoms with Crippen LogP contribution in [0.2, 0.25) is 0 Å². The summed E-state index contributed by atoms with van der Waals surface area (Å²) in [5.41, 5.74) is 0.514. The molecule has 142 valence electrons. The van der Waals surface area contributed by atoms with Gasteiger partial charge in [0, 0.05) is 15.3 Å². The van der Waals surface area contributed by atoms with Gasteiger partial charge in [-0.1, -0.05) is 31.9 Å². The molecule has 6 atom stereocenters. The highest BCUT2D eigenvalue weighted by Crippen LogP contribution is 2.60. The van der Waals surface area contributed by atoms with Crippen LogP contribution in [0.15, 0.2) is 24.3 Å². The molecule has 1 saturated heterocycles. The van der Waals surface area contributed by atoms with Crippen LogP contribution < -0.4 is 5.32 Å². The molecule has 2 saturated carbocycles. The minimum atomic E-state index is -1.06. The first-order valence-corrected chi connectivity index (χ1v) is 10.4. The number of fused-ring (bicyclic) bond motifs is 5. The van der Waals surface area contributed by atoms with Gasteiger partial charge in [-0.3, -0.25) is 19.3 Å². The molecule has 1 aliphatic heterocycles. The predicted molar refractivity (Wildman–Crippen MR) is 103 cm³/mol. The van der Waals surface area contributed by atoms with Gasteiger partial charge in [-0.05, 0) is 42.5 Å². The Balaban J connectivity index is 1.44. The number of carbonyl (C=O) groups excluding carboxylic acids is 3. The van der Waals surface area contributed by atoms with E-state index in [4.69, 9.17) is 5.11 Å². The standard InChI is InChI=1S/C18H16Br2N2O5/c19-14-9-5-10(15(14)20)13-12(9)16(24)22(17(13)25)6-11(23)21-8-3-1-7(2-4-8)18(26)27/h1-4,9-10,12-15H,5-6H2,(H,21,23)(H,26,27)/t9-,10-,12-,13-,14-,15+/m1/s1. The van der Waals surface area contributed by atoms with Crippen LogP contribution in [-0.2, 0) is 14.4 Å². The summed E-state index contributed by atoms with van der Waals surface area (Å²) in [6.45, 7) is -0.329. The third kappa shape index (κ3) is 2.91. The van der Waals surface area contributed by atoms with Gasteiger partial charge < -0.3 is 10.4 Å². The van der Waals surface area contributed by atoms with Crippen molar-refractivity contribution in [3.05, 3.63) is 29.8 Å². The van der Waals surface area contributed by atoms with Crippen LogP contribution in [-0.4, -0.2) is 49.9 Å². The van der Waals surface area contributed by atoms with E-state index in [-0.39, 0.29) is 57.2 Å². The number of nitrogens with one attached hydrogen (secondary N) is 1. The van der Waals surface area contributed by atoms with Crippen molar-refractivity contribution in [2.75, 3.05) is 11.9 Å². The number of hydrogen-bond acceptors (Lipinski definition) is 4. The molecule has 3 fully saturated rings. The van der Waals surface area contributed by atoms with Crippen molar-refractivity contribution in [1.82, 2.24) is 4.90 Å². The Labute approximate surface area is 171 Å². The second kappa shape index (κ2) is 6.70. The lowest BCUT2D eigenvalue weighted by atomic mass is 9.81. The summed E-state index contributed by atoms with van der Waals surface area (Å²) in [7, 11) is 0. The molecular weight excluding hydrogens is 484 g/mol. The molecular formula is C18H16Br2N2O5. The van der Waals surface area contributed by atoms with Crippen molar-refractivity contribution in [2.24, 2.45) is 23.7 Å². The summed E-state index contributed by atoms with van der Waals surface area (Å²) < 4.78 is 0. The number of carboxylic acids is 1. The second-order valence-corrected chi connectivity index (χ2v) is 9.31. The fourth-order valence-electron chi connectivity index (χ4n) is 4.61. The maximum Gasteiger partial charge on any atom is 0.335 e. The number of alkyl halides is 2. The largest absolute Gasteiger partial charge is 0.478 e. The molecule has 0 aromatic heterocycles. The van der Waals surface area contributed by atoms with Crippen molar-refractivity contribution in [1.29, 1.82) is 0 Å². The number of anilines is 1. The van der Waals surface area contributed by atoms with E-state index in [9.17, 15) is 19.2 Å². The first kappa shape index (κ1) is 18.6. The lowest BCUT2D eigenvalue weighted by Crippen LogP contribution is -2.39. The number of carbonyl (C=O) groups is 4. The van der Waals surface area contributed by atoms with Gasteiger partial charge in [0.2, 0.25) is 17.7 Å². The van der Waals surface area contributed by atoms with Crippen LogP contribution in [0.1, 0.15) is 16.8 Å². The highest BCUT2D eigenvalue weighted by molar-refractivity contribution is 9.12. The summed E-state index contributed by atoms with van der Waals surface area (Å²) in [6.07, 6.45) is 0.842. The Kier molecular flexibility index (Phi) is 4.62. The van der Waals surface area contributed by atoms with Crippen molar-refractivity contribution in [3.8, 4) is 0 Å². The third-order valence-electron chi connectivity index (χ3n) is 5.80. The topological polar surface area (TPSA) is 104 Å². The zero-order valence-electron chi connectivity index (χ0n) is 14.0. The van der Waals surface area contributed by atoms with Crippen LogP contribution in [0.3, 0.4) is 0 Å². The Morgan fingerprint density at radius 2 is 1.56 bits per heavy atom. The molecule has 2 bridgehead atoms. The number of amides is 3. The van der Waals surface area contributed by atoms with Gasteiger partial charge in [0.1, 0.15) is 6.54 Å². The van der Waals surface area contributed by atoms with Gasteiger partial charge in [-0.15, -0.1) is 0 Å². The van der Waals surface area contributed by atoms with Crippen molar-refractivity contribution < 1.29 is 24.3 Å². The van der Waals surface area contributed by atoms with Crippen molar-refractivity contribution >= 4 is 61.2 Å². The molecule has 1 aromatic carbocycles. The maximum atomic E-state index is 12.8.